The number of aromatic nitrogens is 2. The van der Waals surface area contributed by atoms with E-state index in [1.165, 1.54) is 5.56 Å². The summed E-state index contributed by atoms with van der Waals surface area (Å²) in [5.41, 5.74) is 6.17. The molecule has 0 atom stereocenters. The number of hydrogen-bond donors (Lipinski definition) is 1. The number of benzene rings is 3. The number of aryl methyl sites for hydroxylation is 1. The zero-order valence-corrected chi connectivity index (χ0v) is 21.6. The predicted octanol–water partition coefficient (Wildman–Crippen LogP) is 7.56. The molecule has 36 heavy (non-hydrogen) atoms. The van der Waals surface area contributed by atoms with E-state index in [9.17, 15) is 4.79 Å². The maximum absolute atomic E-state index is 13.3. The Morgan fingerprint density at radius 2 is 1.81 bits per heavy atom. The van der Waals surface area contributed by atoms with Gasteiger partial charge >= 0.3 is 6.03 Å². The summed E-state index contributed by atoms with van der Waals surface area (Å²) in [6.45, 7) is 3.22. The van der Waals surface area contributed by atoms with Crippen LogP contribution in [-0.2, 0) is 19.4 Å². The standard InChI is InChI=1S/C29H27ClN4OS/c1-2-21-9-6-10-25(17-21)31-28(35)33(18-22-7-4-3-5-8-22)16-15-26-20-36-29-32-27(19-34(26)29)23-11-13-24(30)14-12-23/h3-14,17,19-20H,2,15-16,18H2,1H3,(H,31,35). The van der Waals surface area contributed by atoms with Crippen molar-refractivity contribution >= 4 is 39.6 Å². The molecule has 5 rings (SSSR count). The number of amides is 2. The van der Waals surface area contributed by atoms with Crippen LogP contribution in [0.15, 0.2) is 90.4 Å². The lowest BCUT2D eigenvalue weighted by atomic mass is 10.1. The lowest BCUT2D eigenvalue weighted by molar-refractivity contribution is 0.209. The number of anilines is 1. The number of urea groups is 1. The molecule has 0 unspecified atom stereocenters. The average molecular weight is 515 g/mol. The van der Waals surface area contributed by atoms with Crippen LogP contribution in [0.3, 0.4) is 0 Å². The number of nitrogens with one attached hydrogen (secondary N) is 1. The van der Waals surface area contributed by atoms with Gasteiger partial charge in [-0.2, -0.15) is 0 Å². The van der Waals surface area contributed by atoms with E-state index < -0.39 is 0 Å². The van der Waals surface area contributed by atoms with Gasteiger partial charge in [0.15, 0.2) is 4.96 Å². The molecule has 5 nitrogen and oxygen atoms in total. The summed E-state index contributed by atoms with van der Waals surface area (Å²) in [4.78, 5) is 20.9. The average Bonchev–Trinajstić information content (AvgIpc) is 3.49. The molecular weight excluding hydrogens is 488 g/mol. The Labute approximate surface area is 220 Å². The van der Waals surface area contributed by atoms with Gasteiger partial charge in [0.05, 0.1) is 5.69 Å². The highest BCUT2D eigenvalue weighted by atomic mass is 35.5. The molecule has 0 saturated carbocycles. The number of imidazole rings is 1. The summed E-state index contributed by atoms with van der Waals surface area (Å²) in [6, 6.07) is 25.7. The monoisotopic (exact) mass is 514 g/mol. The smallest absolute Gasteiger partial charge is 0.320 e. The molecule has 0 aliphatic rings. The molecule has 2 heterocycles. The van der Waals surface area contributed by atoms with Crippen molar-refractivity contribution in [2.24, 2.45) is 0 Å². The molecule has 0 bridgehead atoms. The van der Waals surface area contributed by atoms with Crippen LogP contribution in [0.5, 0.6) is 0 Å². The minimum Gasteiger partial charge on any atom is -0.320 e. The van der Waals surface area contributed by atoms with Crippen LogP contribution in [0.25, 0.3) is 16.2 Å². The Balaban J connectivity index is 1.34. The van der Waals surface area contributed by atoms with E-state index >= 15 is 0 Å². The number of carbonyl (C=O) groups excluding carboxylic acids is 1. The van der Waals surface area contributed by atoms with Crippen molar-refractivity contribution in [3.63, 3.8) is 0 Å². The number of rotatable bonds is 8. The highest BCUT2D eigenvalue weighted by Crippen LogP contribution is 2.25. The molecule has 7 heteroatoms. The van der Waals surface area contributed by atoms with Gasteiger partial charge in [-0.05, 0) is 41.8 Å². The summed E-state index contributed by atoms with van der Waals surface area (Å²) in [5.74, 6) is 0. The van der Waals surface area contributed by atoms with Gasteiger partial charge in [0.2, 0.25) is 0 Å². The van der Waals surface area contributed by atoms with Gasteiger partial charge in [-0.1, -0.05) is 73.1 Å². The molecule has 0 radical (unpaired) electrons. The fourth-order valence-electron chi connectivity index (χ4n) is 4.15. The highest BCUT2D eigenvalue weighted by molar-refractivity contribution is 7.15. The van der Waals surface area contributed by atoms with Crippen LogP contribution in [0.1, 0.15) is 23.7 Å². The lowest BCUT2D eigenvalue weighted by Crippen LogP contribution is -2.36. The number of halogens is 1. The minimum atomic E-state index is -0.105. The van der Waals surface area contributed by atoms with Gasteiger partial charge in [-0.25, -0.2) is 9.78 Å². The minimum absolute atomic E-state index is 0.105. The van der Waals surface area contributed by atoms with Crippen molar-refractivity contribution < 1.29 is 4.79 Å². The topological polar surface area (TPSA) is 49.6 Å². The van der Waals surface area contributed by atoms with Gasteiger partial charge in [0, 0.05) is 53.1 Å². The van der Waals surface area contributed by atoms with E-state index in [1.54, 1.807) is 11.3 Å². The summed E-state index contributed by atoms with van der Waals surface area (Å²) in [7, 11) is 0. The van der Waals surface area contributed by atoms with Crippen molar-refractivity contribution in [3.8, 4) is 11.3 Å². The highest BCUT2D eigenvalue weighted by Gasteiger charge is 2.17. The third-order valence-corrected chi connectivity index (χ3v) is 7.29. The van der Waals surface area contributed by atoms with E-state index in [4.69, 9.17) is 16.6 Å². The molecule has 3 aromatic carbocycles. The zero-order chi connectivity index (χ0) is 24.9. The maximum atomic E-state index is 13.3. The molecule has 2 amide bonds. The van der Waals surface area contributed by atoms with E-state index in [1.807, 2.05) is 65.6 Å². The summed E-state index contributed by atoms with van der Waals surface area (Å²) in [6.07, 6.45) is 3.70. The summed E-state index contributed by atoms with van der Waals surface area (Å²) >= 11 is 7.65. The fourth-order valence-corrected chi connectivity index (χ4v) is 5.18. The maximum Gasteiger partial charge on any atom is 0.322 e. The first-order chi connectivity index (χ1) is 17.6. The van der Waals surface area contributed by atoms with Gasteiger partial charge in [0.1, 0.15) is 0 Å². The van der Waals surface area contributed by atoms with Crippen molar-refractivity contribution in [1.82, 2.24) is 14.3 Å². The van der Waals surface area contributed by atoms with E-state index in [-0.39, 0.29) is 6.03 Å². The summed E-state index contributed by atoms with van der Waals surface area (Å²) in [5, 5.41) is 5.92. The van der Waals surface area contributed by atoms with Gasteiger partial charge < -0.3 is 10.2 Å². The number of carbonyl (C=O) groups is 1. The van der Waals surface area contributed by atoms with Crippen molar-refractivity contribution in [1.29, 1.82) is 0 Å². The Morgan fingerprint density at radius 1 is 1.03 bits per heavy atom. The first-order valence-corrected chi connectivity index (χ1v) is 13.2. The van der Waals surface area contributed by atoms with Crippen LogP contribution in [0.2, 0.25) is 5.02 Å². The van der Waals surface area contributed by atoms with Gasteiger partial charge in [0.25, 0.3) is 0 Å². The number of nitrogens with zero attached hydrogens (tertiary/aromatic N) is 3. The number of fused-ring (bicyclic) bond motifs is 1. The molecule has 182 valence electrons. The van der Waals surface area contributed by atoms with Crippen molar-refractivity contribution in [2.75, 3.05) is 11.9 Å². The van der Waals surface area contributed by atoms with E-state index in [2.05, 4.69) is 46.4 Å². The normalized spacial score (nSPS) is 11.1. The first-order valence-electron chi connectivity index (χ1n) is 12.0. The molecule has 0 spiro atoms. The largest absolute Gasteiger partial charge is 0.322 e. The number of hydrogen-bond acceptors (Lipinski definition) is 3. The molecule has 2 aromatic heterocycles. The third-order valence-electron chi connectivity index (χ3n) is 6.15. The van der Waals surface area contributed by atoms with Gasteiger partial charge in [-0.3, -0.25) is 4.40 Å². The molecule has 1 N–H and O–H groups in total. The van der Waals surface area contributed by atoms with E-state index in [0.29, 0.717) is 24.5 Å². The SMILES string of the molecule is CCc1cccc(NC(=O)N(CCc2csc3nc(-c4ccc(Cl)cc4)cn23)Cc2ccccc2)c1. The molecule has 0 aliphatic carbocycles. The second kappa shape index (κ2) is 11.0. The first kappa shape index (κ1) is 24.1. The van der Waals surface area contributed by atoms with Crippen LogP contribution in [-0.4, -0.2) is 26.9 Å². The molecule has 0 saturated heterocycles. The Bertz CT molecular complexity index is 1460. The Hall–Kier alpha value is -3.61. The quantitative estimate of drug-likeness (QED) is 0.232. The predicted molar refractivity (Wildman–Crippen MR) is 149 cm³/mol. The van der Waals surface area contributed by atoms with Crippen molar-refractivity contribution in [2.45, 2.75) is 26.3 Å². The van der Waals surface area contributed by atoms with E-state index in [0.717, 1.165) is 39.6 Å². The molecule has 0 aliphatic heterocycles. The van der Waals surface area contributed by atoms with Gasteiger partial charge in [-0.15, -0.1) is 11.3 Å². The fraction of sp³-hybridized carbons (Fsp3) is 0.172. The second-order valence-electron chi connectivity index (χ2n) is 8.65. The Morgan fingerprint density at radius 3 is 2.58 bits per heavy atom. The third kappa shape index (κ3) is 5.61. The van der Waals surface area contributed by atoms with Crippen molar-refractivity contribution in [3.05, 3.63) is 112 Å². The van der Waals surface area contributed by atoms with Crippen LogP contribution in [0, 0.1) is 0 Å². The molecular formula is C29H27ClN4OS. The summed E-state index contributed by atoms with van der Waals surface area (Å²) < 4.78 is 2.12. The molecule has 5 aromatic rings. The van der Waals surface area contributed by atoms with Crippen LogP contribution < -0.4 is 5.32 Å². The molecule has 0 fully saturated rings. The zero-order valence-electron chi connectivity index (χ0n) is 20.0. The van der Waals surface area contributed by atoms with Crippen LogP contribution >= 0.6 is 22.9 Å². The van der Waals surface area contributed by atoms with Crippen LogP contribution in [0.4, 0.5) is 10.5 Å². The number of thiazole rings is 1. The lowest BCUT2D eigenvalue weighted by Gasteiger charge is -2.23. The Kier molecular flexibility index (Phi) is 7.35. The second-order valence-corrected chi connectivity index (χ2v) is 9.93.